The van der Waals surface area contributed by atoms with E-state index in [1.807, 2.05) is 39.8 Å². The van der Waals surface area contributed by atoms with Gasteiger partial charge in [-0.1, -0.05) is 12.0 Å². The highest BCUT2D eigenvalue weighted by Crippen LogP contribution is 2.30. The Hall–Kier alpha value is -1.61. The topological polar surface area (TPSA) is 43.8 Å². The fourth-order valence-corrected chi connectivity index (χ4v) is 4.12. The van der Waals surface area contributed by atoms with Crippen molar-refractivity contribution in [3.8, 4) is 11.8 Å². The van der Waals surface area contributed by atoms with Crippen molar-refractivity contribution < 1.29 is 14.2 Å². The van der Waals surface area contributed by atoms with Crippen molar-refractivity contribution >= 4 is 5.82 Å². The van der Waals surface area contributed by atoms with Crippen molar-refractivity contribution in [1.29, 1.82) is 0 Å². The van der Waals surface area contributed by atoms with E-state index in [0.29, 0.717) is 24.4 Å². The highest BCUT2D eigenvalue weighted by Gasteiger charge is 2.34. The van der Waals surface area contributed by atoms with Crippen LogP contribution >= 0.6 is 0 Å². The van der Waals surface area contributed by atoms with Gasteiger partial charge >= 0.3 is 0 Å². The van der Waals surface area contributed by atoms with E-state index in [-0.39, 0.29) is 6.10 Å². The normalized spacial score (nSPS) is 22.7. The fraction of sp³-hybridized carbons (Fsp3) is 0.720. The van der Waals surface area contributed by atoms with Gasteiger partial charge in [-0.25, -0.2) is 4.98 Å². The van der Waals surface area contributed by atoms with Crippen LogP contribution in [0.3, 0.4) is 0 Å². The van der Waals surface area contributed by atoms with Gasteiger partial charge in [0.15, 0.2) is 0 Å². The number of anilines is 1. The average molecular weight is 415 g/mol. The second kappa shape index (κ2) is 10.1. The number of rotatable bonds is 7. The van der Waals surface area contributed by atoms with Crippen LogP contribution in [0.4, 0.5) is 5.82 Å². The van der Waals surface area contributed by atoms with Crippen LogP contribution in [0.2, 0.25) is 0 Å². The first kappa shape index (κ1) is 23.1. The van der Waals surface area contributed by atoms with E-state index in [1.54, 1.807) is 0 Å². The van der Waals surface area contributed by atoms with Crippen LogP contribution in [0.5, 0.6) is 0 Å². The Balaban J connectivity index is 1.48. The predicted octanol–water partition coefficient (Wildman–Crippen LogP) is 4.58. The zero-order valence-electron chi connectivity index (χ0n) is 19.5. The number of piperidine rings is 1. The molecule has 2 heterocycles. The summed E-state index contributed by atoms with van der Waals surface area (Å²) in [6.45, 7) is 14.2. The molecule has 5 heteroatoms. The Bertz CT molecular complexity index is 736. The van der Waals surface area contributed by atoms with E-state index < -0.39 is 5.60 Å². The highest BCUT2D eigenvalue weighted by atomic mass is 16.5. The minimum Gasteiger partial charge on any atom is -0.375 e. The van der Waals surface area contributed by atoms with Gasteiger partial charge in [0, 0.05) is 13.1 Å². The molecule has 3 rings (SSSR count). The number of nitrogens with zero attached hydrogens (tertiary/aromatic N) is 2. The number of aromatic nitrogens is 1. The molecule has 1 saturated carbocycles. The van der Waals surface area contributed by atoms with Crippen LogP contribution in [-0.2, 0) is 14.2 Å². The van der Waals surface area contributed by atoms with Crippen LogP contribution in [-0.4, -0.2) is 54.2 Å². The van der Waals surface area contributed by atoms with E-state index in [4.69, 9.17) is 19.2 Å². The quantitative estimate of drug-likeness (QED) is 0.611. The molecule has 1 aliphatic carbocycles. The van der Waals surface area contributed by atoms with E-state index in [0.717, 1.165) is 50.3 Å². The van der Waals surface area contributed by atoms with Gasteiger partial charge in [0.2, 0.25) is 0 Å². The summed E-state index contributed by atoms with van der Waals surface area (Å²) in [5, 5.41) is 0. The summed E-state index contributed by atoms with van der Waals surface area (Å²) in [6.07, 6.45) is 5.72. The molecule has 30 heavy (non-hydrogen) atoms. The molecule has 2 fully saturated rings. The summed E-state index contributed by atoms with van der Waals surface area (Å²) in [4.78, 5) is 7.11. The van der Waals surface area contributed by atoms with E-state index >= 15 is 0 Å². The Morgan fingerprint density at radius 2 is 1.70 bits per heavy atom. The lowest BCUT2D eigenvalue weighted by Gasteiger charge is -2.40. The lowest BCUT2D eigenvalue weighted by molar-refractivity contribution is -0.141. The van der Waals surface area contributed by atoms with Crippen molar-refractivity contribution in [3.63, 3.8) is 0 Å². The van der Waals surface area contributed by atoms with E-state index in [2.05, 4.69) is 36.7 Å². The maximum Gasteiger partial charge on any atom is 0.129 e. The van der Waals surface area contributed by atoms with Crippen LogP contribution in [0.15, 0.2) is 18.2 Å². The summed E-state index contributed by atoms with van der Waals surface area (Å²) in [6, 6.07) is 6.07. The first-order valence-corrected chi connectivity index (χ1v) is 11.4. The van der Waals surface area contributed by atoms with Gasteiger partial charge in [-0.2, -0.15) is 0 Å². The molecule has 2 aliphatic rings. The van der Waals surface area contributed by atoms with E-state index in [9.17, 15) is 0 Å². The first-order chi connectivity index (χ1) is 14.2. The van der Waals surface area contributed by atoms with Gasteiger partial charge in [-0.15, -0.1) is 0 Å². The summed E-state index contributed by atoms with van der Waals surface area (Å²) in [7, 11) is 0. The van der Waals surface area contributed by atoms with Gasteiger partial charge in [0.05, 0.1) is 30.5 Å². The Labute approximate surface area is 182 Å². The SMILES string of the molecule is CC(C)OC1CC(OC2CCN(c3cccc(C#CC(C)(C)OC(C)C)n3)CC2)C1. The molecule has 0 spiro atoms. The molecule has 0 radical (unpaired) electrons. The van der Waals surface area contributed by atoms with Gasteiger partial charge in [-0.05, 0) is 85.3 Å². The van der Waals surface area contributed by atoms with Crippen molar-refractivity contribution in [1.82, 2.24) is 4.98 Å². The molecule has 0 bridgehead atoms. The number of pyridine rings is 1. The van der Waals surface area contributed by atoms with Crippen molar-refractivity contribution in [3.05, 3.63) is 23.9 Å². The maximum atomic E-state index is 6.29. The third-order valence-corrected chi connectivity index (χ3v) is 5.42. The Kier molecular flexibility index (Phi) is 7.79. The summed E-state index contributed by atoms with van der Waals surface area (Å²) in [5.41, 5.74) is 0.305. The van der Waals surface area contributed by atoms with Crippen molar-refractivity contribution in [2.24, 2.45) is 0 Å². The lowest BCUT2D eigenvalue weighted by atomic mass is 9.91. The van der Waals surface area contributed by atoms with E-state index in [1.165, 1.54) is 0 Å². The third-order valence-electron chi connectivity index (χ3n) is 5.42. The van der Waals surface area contributed by atoms with Crippen LogP contribution in [0, 0.1) is 11.8 Å². The van der Waals surface area contributed by atoms with Gasteiger partial charge < -0.3 is 19.1 Å². The molecule has 1 aliphatic heterocycles. The minimum atomic E-state index is -0.484. The average Bonchev–Trinajstić information content (AvgIpc) is 2.64. The molecule has 0 amide bonds. The second-order valence-corrected chi connectivity index (χ2v) is 9.53. The van der Waals surface area contributed by atoms with Crippen LogP contribution in [0.1, 0.15) is 72.9 Å². The number of hydrogen-bond acceptors (Lipinski definition) is 5. The Morgan fingerprint density at radius 3 is 2.33 bits per heavy atom. The molecule has 1 aromatic heterocycles. The van der Waals surface area contributed by atoms with Crippen molar-refractivity contribution in [2.45, 2.75) is 103 Å². The molecule has 0 unspecified atom stereocenters. The van der Waals surface area contributed by atoms with Gasteiger partial charge in [0.1, 0.15) is 17.1 Å². The molecular formula is C25H38N2O3. The maximum absolute atomic E-state index is 6.29. The zero-order valence-corrected chi connectivity index (χ0v) is 19.5. The molecule has 5 nitrogen and oxygen atoms in total. The molecule has 0 aromatic carbocycles. The summed E-state index contributed by atoms with van der Waals surface area (Å²) in [5.74, 6) is 7.40. The largest absolute Gasteiger partial charge is 0.375 e. The minimum absolute atomic E-state index is 0.144. The Morgan fingerprint density at radius 1 is 1.00 bits per heavy atom. The first-order valence-electron chi connectivity index (χ1n) is 11.4. The fourth-order valence-electron chi connectivity index (χ4n) is 4.12. The molecule has 166 valence electrons. The molecule has 1 saturated heterocycles. The molecule has 1 aromatic rings. The predicted molar refractivity (Wildman–Crippen MR) is 121 cm³/mol. The van der Waals surface area contributed by atoms with Gasteiger partial charge in [-0.3, -0.25) is 0 Å². The number of hydrogen-bond donors (Lipinski definition) is 0. The molecule has 0 atom stereocenters. The molecular weight excluding hydrogens is 376 g/mol. The molecule has 0 N–H and O–H groups in total. The second-order valence-electron chi connectivity index (χ2n) is 9.53. The number of ether oxygens (including phenoxy) is 3. The summed E-state index contributed by atoms with van der Waals surface area (Å²) >= 11 is 0. The smallest absolute Gasteiger partial charge is 0.129 e. The highest BCUT2D eigenvalue weighted by molar-refractivity contribution is 5.43. The third kappa shape index (κ3) is 6.97. The summed E-state index contributed by atoms with van der Waals surface area (Å²) < 4.78 is 18.0. The monoisotopic (exact) mass is 414 g/mol. The van der Waals surface area contributed by atoms with Crippen LogP contribution in [0.25, 0.3) is 0 Å². The lowest BCUT2D eigenvalue weighted by Crippen LogP contribution is -2.44. The van der Waals surface area contributed by atoms with Crippen LogP contribution < -0.4 is 4.90 Å². The standard InChI is InChI=1S/C25H38N2O3/c1-18(2)28-22-16-23(17-22)29-21-11-14-27(15-12-21)24-9-7-8-20(26-24)10-13-25(5,6)30-19(3)4/h7-9,18-19,21-23H,11-12,14-17H2,1-6H3. The van der Waals surface area contributed by atoms with Gasteiger partial charge in [0.25, 0.3) is 0 Å². The zero-order chi connectivity index (χ0) is 21.7. The van der Waals surface area contributed by atoms with Crippen molar-refractivity contribution in [2.75, 3.05) is 18.0 Å².